The maximum absolute atomic E-state index is 14.2. The van der Waals surface area contributed by atoms with E-state index in [1.54, 1.807) is 41.5 Å². The van der Waals surface area contributed by atoms with Crippen LogP contribution in [0.2, 0.25) is 0 Å². The number of amides is 2. The molecule has 2 bridgehead atoms. The highest BCUT2D eigenvalue weighted by molar-refractivity contribution is 8.02. The third kappa shape index (κ3) is 4.40. The Morgan fingerprint density at radius 2 is 2.09 bits per heavy atom. The zero-order valence-corrected chi connectivity index (χ0v) is 21.9. The molecule has 2 amide bonds. The number of aliphatic hydroxyl groups excluding tert-OH is 1. The minimum absolute atomic E-state index is 0.129. The van der Waals surface area contributed by atoms with Crippen LogP contribution in [0.1, 0.15) is 33.6 Å². The van der Waals surface area contributed by atoms with E-state index in [0.717, 1.165) is 19.5 Å². The molecule has 0 saturated carbocycles. The van der Waals surface area contributed by atoms with Crippen LogP contribution in [0.25, 0.3) is 0 Å². The summed E-state index contributed by atoms with van der Waals surface area (Å²) in [5.41, 5.74) is 0. The monoisotopic (exact) mass is 509 g/mol. The summed E-state index contributed by atoms with van der Waals surface area (Å²) in [6.07, 6.45) is 3.13. The minimum Gasteiger partial charge on any atom is -0.466 e. The average Bonchev–Trinajstić information content (AvgIpc) is 3.42. The number of carbonyl (C=O) groups excluding carboxylic acids is 3. The van der Waals surface area contributed by atoms with Crippen LogP contribution in [-0.2, 0) is 23.9 Å². The Bertz CT molecular complexity index is 851. The van der Waals surface area contributed by atoms with Crippen LogP contribution in [0.15, 0.2) is 12.7 Å². The molecule has 4 heterocycles. The number of fused-ring (bicyclic) bond motifs is 1. The van der Waals surface area contributed by atoms with Gasteiger partial charge in [0, 0.05) is 37.5 Å². The smallest absolute Gasteiger partial charge is 0.311 e. The predicted octanol–water partition coefficient (Wildman–Crippen LogP) is 0.758. The fraction of sp³-hybridized carbons (Fsp3) is 0.800. The molecule has 4 aliphatic heterocycles. The molecule has 4 saturated heterocycles. The van der Waals surface area contributed by atoms with Gasteiger partial charge in [0.05, 0.1) is 49.1 Å². The maximum Gasteiger partial charge on any atom is 0.311 e. The number of morpholine rings is 1. The molecule has 35 heavy (non-hydrogen) atoms. The van der Waals surface area contributed by atoms with Gasteiger partial charge in [-0.05, 0) is 33.6 Å². The van der Waals surface area contributed by atoms with E-state index < -0.39 is 33.4 Å². The maximum atomic E-state index is 14.2. The summed E-state index contributed by atoms with van der Waals surface area (Å²) in [4.78, 5) is 46.9. The lowest BCUT2D eigenvalue weighted by Gasteiger charge is -2.39. The molecule has 0 aromatic heterocycles. The van der Waals surface area contributed by atoms with Crippen LogP contribution in [0.4, 0.5) is 0 Å². The Morgan fingerprint density at radius 1 is 1.37 bits per heavy atom. The number of hydrogen-bond acceptors (Lipinski definition) is 8. The van der Waals surface area contributed by atoms with Crippen LogP contribution < -0.4 is 0 Å². The summed E-state index contributed by atoms with van der Waals surface area (Å²) >= 11 is 1.62. The third-order valence-electron chi connectivity index (χ3n) is 8.18. The second kappa shape index (κ2) is 10.4. The van der Waals surface area contributed by atoms with Crippen molar-refractivity contribution in [1.82, 2.24) is 14.7 Å². The van der Waals surface area contributed by atoms with Gasteiger partial charge in [-0.25, -0.2) is 0 Å². The zero-order valence-electron chi connectivity index (χ0n) is 21.1. The number of hydrogen-bond donors (Lipinski definition) is 1. The van der Waals surface area contributed by atoms with Gasteiger partial charge in [-0.15, -0.1) is 18.3 Å². The van der Waals surface area contributed by atoms with E-state index in [2.05, 4.69) is 11.5 Å². The number of aliphatic hydroxyl groups is 1. The summed E-state index contributed by atoms with van der Waals surface area (Å²) in [5, 5.41) is 10.0. The molecule has 196 valence electrons. The predicted molar refractivity (Wildman–Crippen MR) is 133 cm³/mol. The summed E-state index contributed by atoms with van der Waals surface area (Å²) in [6, 6.07) is -1.27. The number of thioether (sulfide) groups is 1. The van der Waals surface area contributed by atoms with Gasteiger partial charge in [0.15, 0.2) is 0 Å². The molecular weight excluding hydrogens is 470 g/mol. The summed E-state index contributed by atoms with van der Waals surface area (Å²) in [7, 11) is 0. The first-order valence-corrected chi connectivity index (χ1v) is 13.5. The van der Waals surface area contributed by atoms with Crippen molar-refractivity contribution >= 4 is 29.5 Å². The third-order valence-corrected chi connectivity index (χ3v) is 10.2. The number of carbonyl (C=O) groups is 3. The van der Waals surface area contributed by atoms with E-state index in [-0.39, 0.29) is 31.0 Å². The fourth-order valence-corrected chi connectivity index (χ4v) is 8.83. The molecule has 6 atom stereocenters. The first-order chi connectivity index (χ1) is 16.7. The van der Waals surface area contributed by atoms with Crippen molar-refractivity contribution in [2.45, 2.75) is 55.2 Å². The molecule has 9 nitrogen and oxygen atoms in total. The molecule has 0 aliphatic carbocycles. The van der Waals surface area contributed by atoms with E-state index in [1.807, 2.05) is 6.92 Å². The lowest BCUT2D eigenvalue weighted by Crippen LogP contribution is -2.57. The molecule has 4 aliphatic rings. The molecule has 10 heteroatoms. The molecule has 0 radical (unpaired) electrons. The van der Waals surface area contributed by atoms with Crippen LogP contribution in [-0.4, -0.2) is 118 Å². The topological polar surface area (TPSA) is 99.6 Å². The highest BCUT2D eigenvalue weighted by atomic mass is 32.2. The Morgan fingerprint density at radius 3 is 2.71 bits per heavy atom. The lowest BCUT2D eigenvalue weighted by molar-refractivity contribution is -0.155. The van der Waals surface area contributed by atoms with Gasteiger partial charge in [-0.1, -0.05) is 6.08 Å². The van der Waals surface area contributed by atoms with Crippen molar-refractivity contribution in [3.05, 3.63) is 12.7 Å². The van der Waals surface area contributed by atoms with E-state index in [0.29, 0.717) is 39.3 Å². The highest BCUT2D eigenvalue weighted by Crippen LogP contribution is 2.71. The van der Waals surface area contributed by atoms with Gasteiger partial charge in [0.2, 0.25) is 11.8 Å². The lowest BCUT2D eigenvalue weighted by atomic mass is 9.66. The second-order valence-electron chi connectivity index (χ2n) is 10.3. The number of ether oxygens (including phenoxy) is 2. The summed E-state index contributed by atoms with van der Waals surface area (Å²) < 4.78 is 9.69. The number of esters is 1. The molecule has 1 N–H and O–H groups in total. The molecular formula is C25H39N3O6S. The van der Waals surface area contributed by atoms with Crippen molar-refractivity contribution in [1.29, 1.82) is 0 Å². The standard InChI is InChI=1S/C25H39N3O6S/c1-5-9-27(11-10-26-12-14-33-15-13-26)22(31)20-25-8-7-24(4,35-25)19(23(32)34-6-2)18(25)21(30)28(20)17(3)16-29/h5,17-20,29H,1,6-16H2,2-4H3/t17-,18+,19-,20?,24+,25?/m1/s1. The van der Waals surface area contributed by atoms with E-state index in [4.69, 9.17) is 9.47 Å². The Kier molecular flexibility index (Phi) is 7.85. The first kappa shape index (κ1) is 26.4. The van der Waals surface area contributed by atoms with Crippen molar-refractivity contribution in [2.24, 2.45) is 11.8 Å². The number of likely N-dealkylation sites (tertiary alicyclic amines) is 1. The van der Waals surface area contributed by atoms with Crippen molar-refractivity contribution in [3.8, 4) is 0 Å². The van der Waals surface area contributed by atoms with Gasteiger partial charge in [-0.3, -0.25) is 19.3 Å². The summed E-state index contributed by atoms with van der Waals surface area (Å²) in [6.45, 7) is 14.0. The SMILES string of the molecule is C=CCN(CCN1CCOCC1)C(=O)C1N([C@H](C)CO)C(=O)[C@@H]2[C@H](C(=O)OCC)[C@]3(C)CCC12S3. The molecule has 0 aromatic rings. The van der Waals surface area contributed by atoms with E-state index >= 15 is 0 Å². The zero-order chi connectivity index (χ0) is 25.4. The van der Waals surface area contributed by atoms with Crippen LogP contribution in [0, 0.1) is 11.8 Å². The molecule has 2 unspecified atom stereocenters. The van der Waals surface area contributed by atoms with Crippen molar-refractivity contribution in [3.63, 3.8) is 0 Å². The second-order valence-corrected chi connectivity index (χ2v) is 12.2. The van der Waals surface area contributed by atoms with E-state index in [9.17, 15) is 19.5 Å². The molecule has 0 aromatic carbocycles. The van der Waals surface area contributed by atoms with Gasteiger partial charge in [-0.2, -0.15) is 0 Å². The van der Waals surface area contributed by atoms with Gasteiger partial charge >= 0.3 is 5.97 Å². The van der Waals surface area contributed by atoms with Crippen LogP contribution >= 0.6 is 11.8 Å². The average molecular weight is 510 g/mol. The fourth-order valence-electron chi connectivity index (χ4n) is 6.50. The van der Waals surface area contributed by atoms with Gasteiger partial charge in [0.1, 0.15) is 6.04 Å². The van der Waals surface area contributed by atoms with Crippen LogP contribution in [0.3, 0.4) is 0 Å². The molecule has 1 spiro atoms. The van der Waals surface area contributed by atoms with Gasteiger partial charge in [0.25, 0.3) is 0 Å². The molecule has 4 rings (SSSR count). The number of rotatable bonds is 10. The number of nitrogens with zero attached hydrogens (tertiary/aromatic N) is 3. The minimum atomic E-state index is -0.738. The van der Waals surface area contributed by atoms with Crippen molar-refractivity contribution in [2.75, 3.05) is 59.2 Å². The van der Waals surface area contributed by atoms with E-state index in [1.165, 1.54) is 0 Å². The summed E-state index contributed by atoms with van der Waals surface area (Å²) in [5.74, 6) is -1.93. The van der Waals surface area contributed by atoms with Crippen molar-refractivity contribution < 1.29 is 29.0 Å². The highest BCUT2D eigenvalue weighted by Gasteiger charge is 2.78. The Hall–Kier alpha value is -1.62. The largest absolute Gasteiger partial charge is 0.466 e. The first-order valence-electron chi connectivity index (χ1n) is 12.7. The Balaban J connectivity index is 1.66. The van der Waals surface area contributed by atoms with Gasteiger partial charge < -0.3 is 24.4 Å². The molecule has 4 fully saturated rings. The quantitative estimate of drug-likeness (QED) is 0.340. The normalized spacial score (nSPS) is 35.1. The van der Waals surface area contributed by atoms with Crippen LogP contribution in [0.5, 0.6) is 0 Å². The Labute approximate surface area is 212 Å².